The Bertz CT molecular complexity index is 67.3. The first-order valence-corrected chi connectivity index (χ1v) is 7.51. The van der Waals surface area contributed by atoms with Crippen molar-refractivity contribution in [3.63, 3.8) is 0 Å². The zero-order valence-corrected chi connectivity index (χ0v) is 7.56. The average molecular weight is 171 g/mol. The molecule has 0 spiro atoms. The predicted octanol–water partition coefficient (Wildman–Crippen LogP) is 1.40. The van der Waals surface area contributed by atoms with Crippen molar-refractivity contribution in [3.05, 3.63) is 0 Å². The fourth-order valence-corrected chi connectivity index (χ4v) is 0. The van der Waals surface area contributed by atoms with Crippen molar-refractivity contribution in [2.75, 3.05) is 0 Å². The van der Waals surface area contributed by atoms with Gasteiger partial charge in [0, 0.05) is 0 Å². The summed E-state index contributed by atoms with van der Waals surface area (Å²) >= 11 is -0.201. The Balaban J connectivity index is 0. The average Bonchev–Trinajstić information content (AvgIpc) is 1.69. The molecule has 0 rings (SSSR count). The molecule has 0 unspecified atom stereocenters. The molecule has 1 nitrogen and oxygen atoms in total. The van der Waals surface area contributed by atoms with Crippen molar-refractivity contribution >= 4 is 22.5 Å². The molecule has 0 bridgehead atoms. The SMILES string of the molecule is CC[As](C)C.[B]C#N. The first-order chi connectivity index (χ1) is 3.68. The fraction of sp³-hybridized carbons (Fsp3) is 0.800. The molecule has 0 aromatic carbocycles. The predicted molar refractivity (Wildman–Crippen MR) is 39.3 cm³/mol. The van der Waals surface area contributed by atoms with E-state index in [-0.39, 0.29) is 14.7 Å². The molecule has 0 N–H and O–H groups in total. The summed E-state index contributed by atoms with van der Waals surface area (Å²) in [5.41, 5.74) is 4.74. The molecule has 0 heterocycles. The van der Waals surface area contributed by atoms with Crippen LogP contribution in [0, 0.1) is 11.2 Å². The fourth-order valence-electron chi connectivity index (χ4n) is 0. The van der Waals surface area contributed by atoms with Gasteiger partial charge in [0.15, 0.2) is 0 Å². The van der Waals surface area contributed by atoms with Crippen LogP contribution in [-0.4, -0.2) is 22.5 Å². The van der Waals surface area contributed by atoms with E-state index >= 15 is 0 Å². The van der Waals surface area contributed by atoms with Crippen LogP contribution in [0.1, 0.15) is 6.92 Å². The second kappa shape index (κ2) is 10.2. The number of rotatable bonds is 1. The van der Waals surface area contributed by atoms with Crippen LogP contribution in [0.25, 0.3) is 0 Å². The quantitative estimate of drug-likeness (QED) is 0.546. The summed E-state index contributed by atoms with van der Waals surface area (Å²) in [5.74, 6) is 1.25. The van der Waals surface area contributed by atoms with Gasteiger partial charge in [0.2, 0.25) is 7.85 Å². The van der Waals surface area contributed by atoms with Crippen LogP contribution >= 0.6 is 0 Å². The van der Waals surface area contributed by atoms with Crippen molar-refractivity contribution in [3.8, 4) is 5.97 Å². The minimum atomic E-state index is -0.201. The van der Waals surface area contributed by atoms with Gasteiger partial charge < -0.3 is 0 Å². The van der Waals surface area contributed by atoms with Crippen molar-refractivity contribution in [1.82, 2.24) is 0 Å². The van der Waals surface area contributed by atoms with Crippen LogP contribution in [0.3, 0.4) is 0 Å². The Labute approximate surface area is 57.7 Å². The Morgan fingerprint density at radius 3 is 1.75 bits per heavy atom. The number of hydrogen-bond acceptors (Lipinski definition) is 1. The van der Waals surface area contributed by atoms with Gasteiger partial charge in [-0.3, -0.25) is 0 Å². The van der Waals surface area contributed by atoms with E-state index in [9.17, 15) is 0 Å². The third kappa shape index (κ3) is 35.8. The maximum absolute atomic E-state index is 7.10. The first-order valence-electron chi connectivity index (χ1n) is 2.43. The van der Waals surface area contributed by atoms with E-state index in [4.69, 9.17) is 5.26 Å². The first kappa shape index (κ1) is 11.0. The molecule has 0 amide bonds. The van der Waals surface area contributed by atoms with Crippen molar-refractivity contribution < 1.29 is 0 Å². The zero-order valence-electron chi connectivity index (χ0n) is 5.68. The molecule has 2 radical (unpaired) electrons. The van der Waals surface area contributed by atoms with Gasteiger partial charge in [-0.2, -0.15) is 0 Å². The summed E-state index contributed by atoms with van der Waals surface area (Å²) in [6, 6.07) is 0. The van der Waals surface area contributed by atoms with Gasteiger partial charge in [0.05, 0.1) is 0 Å². The van der Waals surface area contributed by atoms with Gasteiger partial charge in [0.25, 0.3) is 0 Å². The van der Waals surface area contributed by atoms with Crippen LogP contribution in [0.5, 0.6) is 0 Å². The maximum Gasteiger partial charge on any atom is 0.229 e. The smallest absolute Gasteiger partial charge is 0.214 e. The number of nitrogens with zero attached hydrogens (tertiary/aromatic N) is 1. The molecule has 0 aliphatic rings. The molecule has 0 atom stereocenters. The summed E-state index contributed by atoms with van der Waals surface area (Å²) in [4.78, 5) is 0. The topological polar surface area (TPSA) is 23.8 Å². The Hall–Kier alpha value is 0.113. The largest absolute Gasteiger partial charge is 0.229 e. The van der Waals surface area contributed by atoms with Gasteiger partial charge >= 0.3 is 38.2 Å². The van der Waals surface area contributed by atoms with Crippen molar-refractivity contribution in [1.29, 1.82) is 5.26 Å². The van der Waals surface area contributed by atoms with E-state index in [1.165, 1.54) is 11.2 Å². The van der Waals surface area contributed by atoms with Crippen LogP contribution in [0.15, 0.2) is 0 Å². The molecule has 3 heteroatoms. The standard InChI is InChI=1S/C4H11As.CBN/c1-4-5(2)3;2-1-3/h4H2,1-3H3;. The van der Waals surface area contributed by atoms with Crippen LogP contribution in [-0.2, 0) is 0 Å². The van der Waals surface area contributed by atoms with Crippen LogP contribution < -0.4 is 0 Å². The molecule has 0 saturated carbocycles. The van der Waals surface area contributed by atoms with E-state index in [1.54, 1.807) is 0 Å². The minimum absolute atomic E-state index is 0.201. The third-order valence-corrected chi connectivity index (χ3v) is 3.29. The van der Waals surface area contributed by atoms with E-state index in [2.05, 4.69) is 26.2 Å². The maximum atomic E-state index is 7.10. The summed E-state index contributed by atoms with van der Waals surface area (Å²) in [6.07, 6.45) is 0. The van der Waals surface area contributed by atoms with Gasteiger partial charge in [0.1, 0.15) is 0 Å². The molecule has 0 saturated heterocycles. The van der Waals surface area contributed by atoms with Gasteiger partial charge in [-0.05, 0) is 5.97 Å². The Morgan fingerprint density at radius 2 is 1.75 bits per heavy atom. The van der Waals surface area contributed by atoms with Gasteiger partial charge in [-0.15, -0.1) is 0 Å². The molecule has 0 aromatic heterocycles. The third-order valence-electron chi connectivity index (χ3n) is 0.632. The van der Waals surface area contributed by atoms with E-state index < -0.39 is 0 Å². The molecule has 0 aliphatic carbocycles. The summed E-state index contributed by atoms with van der Waals surface area (Å²) < 4.78 is 0. The second-order valence-corrected chi connectivity index (χ2v) is 7.38. The van der Waals surface area contributed by atoms with Crippen molar-refractivity contribution in [2.24, 2.45) is 0 Å². The molecule has 0 fully saturated rings. The van der Waals surface area contributed by atoms with E-state index in [1.807, 2.05) is 0 Å². The second-order valence-electron chi connectivity index (χ2n) is 1.52. The van der Waals surface area contributed by atoms with Crippen LogP contribution in [0.4, 0.5) is 0 Å². The number of hydrogen-bond donors (Lipinski definition) is 0. The number of nitriles is 1. The molecule has 0 aromatic rings. The zero-order chi connectivity index (χ0) is 6.99. The van der Waals surface area contributed by atoms with E-state index in [0.29, 0.717) is 0 Å². The monoisotopic (exact) mass is 171 g/mol. The summed E-state index contributed by atoms with van der Waals surface area (Å²) in [5, 5.41) is 8.55. The Kier molecular flexibility index (Phi) is 14.0. The minimum Gasteiger partial charge on any atom is -0.214 e. The molecular formula is C5H11AsBN. The molecule has 44 valence electrons. The van der Waals surface area contributed by atoms with Gasteiger partial charge in [-0.1, -0.05) is 0 Å². The molecular weight excluding hydrogens is 160 g/mol. The Morgan fingerprint density at radius 1 is 1.62 bits per heavy atom. The molecule has 0 aliphatic heterocycles. The van der Waals surface area contributed by atoms with Gasteiger partial charge in [-0.25, -0.2) is 5.26 Å². The summed E-state index contributed by atoms with van der Waals surface area (Å²) in [6.45, 7) is 2.26. The van der Waals surface area contributed by atoms with E-state index in [0.717, 1.165) is 0 Å². The normalized spacial score (nSPS) is 6.88. The molecule has 8 heavy (non-hydrogen) atoms. The van der Waals surface area contributed by atoms with Crippen LogP contribution in [0.2, 0.25) is 16.6 Å². The summed E-state index contributed by atoms with van der Waals surface area (Å²) in [7, 11) is 4.15. The van der Waals surface area contributed by atoms with Crippen molar-refractivity contribution in [2.45, 2.75) is 23.6 Å².